The molecule has 0 radical (unpaired) electrons. The highest BCUT2D eigenvalue weighted by Crippen LogP contribution is 2.15. The van der Waals surface area contributed by atoms with E-state index in [-0.39, 0.29) is 11.8 Å². The summed E-state index contributed by atoms with van der Waals surface area (Å²) >= 11 is 0. The Balaban J connectivity index is 1.75. The standard InChI is InChI=1S/C17H16N4O2/c1-21(2)17(23)11-3-6-13(7-4-11)20-16(22)12-5-8-14-15(9-12)19-10-18-14/h3-10H,1-2H3,(H,18,19)(H,20,22). The number of aromatic amines is 1. The lowest BCUT2D eigenvalue weighted by Crippen LogP contribution is -2.21. The van der Waals surface area contributed by atoms with Crippen molar-refractivity contribution in [3.05, 3.63) is 59.9 Å². The quantitative estimate of drug-likeness (QED) is 0.780. The van der Waals surface area contributed by atoms with Gasteiger partial charge in [0, 0.05) is 30.9 Å². The molecule has 1 heterocycles. The number of imidazole rings is 1. The number of rotatable bonds is 3. The predicted octanol–water partition coefficient (Wildman–Crippen LogP) is 2.52. The maximum atomic E-state index is 12.3. The molecule has 0 aliphatic carbocycles. The summed E-state index contributed by atoms with van der Waals surface area (Å²) in [6, 6.07) is 12.1. The fraction of sp³-hybridized carbons (Fsp3) is 0.118. The molecule has 0 fully saturated rings. The minimum absolute atomic E-state index is 0.0763. The molecule has 0 unspecified atom stereocenters. The van der Waals surface area contributed by atoms with E-state index >= 15 is 0 Å². The maximum Gasteiger partial charge on any atom is 0.255 e. The third kappa shape index (κ3) is 3.06. The molecule has 0 bridgehead atoms. The molecular formula is C17H16N4O2. The number of amides is 2. The van der Waals surface area contributed by atoms with Crippen molar-refractivity contribution in [1.29, 1.82) is 0 Å². The van der Waals surface area contributed by atoms with Gasteiger partial charge in [-0.3, -0.25) is 9.59 Å². The van der Waals surface area contributed by atoms with Crippen LogP contribution in [-0.2, 0) is 0 Å². The van der Waals surface area contributed by atoms with Crippen molar-refractivity contribution in [3.63, 3.8) is 0 Å². The molecule has 1 aromatic heterocycles. The third-order valence-corrected chi connectivity index (χ3v) is 3.48. The normalized spacial score (nSPS) is 10.5. The SMILES string of the molecule is CN(C)C(=O)c1ccc(NC(=O)c2ccc3nc[nH]c3c2)cc1. The number of anilines is 1. The molecule has 0 atom stereocenters. The van der Waals surface area contributed by atoms with Gasteiger partial charge < -0.3 is 15.2 Å². The van der Waals surface area contributed by atoms with Crippen molar-refractivity contribution in [2.75, 3.05) is 19.4 Å². The zero-order valence-electron chi connectivity index (χ0n) is 12.8. The minimum atomic E-state index is -0.215. The molecule has 6 heteroatoms. The number of H-pyrrole nitrogens is 1. The number of hydrogen-bond acceptors (Lipinski definition) is 3. The van der Waals surface area contributed by atoms with E-state index in [1.807, 2.05) is 0 Å². The lowest BCUT2D eigenvalue weighted by atomic mass is 10.1. The molecule has 6 nitrogen and oxygen atoms in total. The van der Waals surface area contributed by atoms with Crippen molar-refractivity contribution in [2.24, 2.45) is 0 Å². The molecule has 2 amide bonds. The van der Waals surface area contributed by atoms with E-state index in [1.165, 1.54) is 4.90 Å². The summed E-state index contributed by atoms with van der Waals surface area (Å²) in [4.78, 5) is 32.7. The second-order valence-corrected chi connectivity index (χ2v) is 5.37. The van der Waals surface area contributed by atoms with Crippen molar-refractivity contribution >= 4 is 28.5 Å². The van der Waals surface area contributed by atoms with E-state index in [1.54, 1.807) is 62.9 Å². The van der Waals surface area contributed by atoms with E-state index in [0.717, 1.165) is 11.0 Å². The van der Waals surface area contributed by atoms with Crippen molar-refractivity contribution < 1.29 is 9.59 Å². The van der Waals surface area contributed by atoms with Crippen LogP contribution in [0.4, 0.5) is 5.69 Å². The highest BCUT2D eigenvalue weighted by Gasteiger charge is 2.10. The first-order valence-corrected chi connectivity index (χ1v) is 7.11. The highest BCUT2D eigenvalue weighted by molar-refractivity contribution is 6.06. The van der Waals surface area contributed by atoms with Crippen molar-refractivity contribution in [3.8, 4) is 0 Å². The van der Waals surface area contributed by atoms with Crippen LogP contribution >= 0.6 is 0 Å². The molecule has 0 saturated heterocycles. The molecule has 0 aliphatic heterocycles. The summed E-state index contributed by atoms with van der Waals surface area (Å²) in [5.74, 6) is -0.291. The smallest absolute Gasteiger partial charge is 0.255 e. The third-order valence-electron chi connectivity index (χ3n) is 3.48. The Kier molecular flexibility index (Phi) is 3.80. The van der Waals surface area contributed by atoms with Crippen LogP contribution in [0.1, 0.15) is 20.7 Å². The Hall–Kier alpha value is -3.15. The number of nitrogens with one attached hydrogen (secondary N) is 2. The average Bonchev–Trinajstić information content (AvgIpc) is 3.02. The molecule has 3 rings (SSSR count). The van der Waals surface area contributed by atoms with Gasteiger partial charge in [-0.15, -0.1) is 0 Å². The fourth-order valence-electron chi connectivity index (χ4n) is 2.23. The number of hydrogen-bond donors (Lipinski definition) is 2. The first-order valence-electron chi connectivity index (χ1n) is 7.11. The Morgan fingerprint density at radius 2 is 1.74 bits per heavy atom. The molecule has 2 aromatic carbocycles. The molecule has 2 N–H and O–H groups in total. The van der Waals surface area contributed by atoms with Crippen LogP contribution in [0.2, 0.25) is 0 Å². The van der Waals surface area contributed by atoms with Gasteiger partial charge in [-0.1, -0.05) is 0 Å². The van der Waals surface area contributed by atoms with Gasteiger partial charge in [0.1, 0.15) is 0 Å². The van der Waals surface area contributed by atoms with E-state index in [9.17, 15) is 9.59 Å². The predicted molar refractivity (Wildman–Crippen MR) is 88.5 cm³/mol. The van der Waals surface area contributed by atoms with Crippen LogP contribution in [0.15, 0.2) is 48.8 Å². The molecule has 3 aromatic rings. The van der Waals surface area contributed by atoms with Crippen LogP contribution in [0, 0.1) is 0 Å². The zero-order valence-corrected chi connectivity index (χ0v) is 12.8. The van der Waals surface area contributed by atoms with Crippen LogP contribution < -0.4 is 5.32 Å². The minimum Gasteiger partial charge on any atom is -0.345 e. The fourth-order valence-corrected chi connectivity index (χ4v) is 2.23. The molecule has 0 aliphatic rings. The van der Waals surface area contributed by atoms with Crippen LogP contribution in [0.5, 0.6) is 0 Å². The van der Waals surface area contributed by atoms with Gasteiger partial charge in [0.2, 0.25) is 0 Å². The second kappa shape index (κ2) is 5.92. The topological polar surface area (TPSA) is 78.1 Å². The summed E-state index contributed by atoms with van der Waals surface area (Å²) in [6.45, 7) is 0. The van der Waals surface area contributed by atoms with Gasteiger partial charge in [-0.2, -0.15) is 0 Å². The highest BCUT2D eigenvalue weighted by atomic mass is 16.2. The van der Waals surface area contributed by atoms with Gasteiger partial charge in [0.15, 0.2) is 0 Å². The summed E-state index contributed by atoms with van der Waals surface area (Å²) in [5.41, 5.74) is 3.37. The van der Waals surface area contributed by atoms with Crippen LogP contribution in [0.3, 0.4) is 0 Å². The number of nitrogens with zero attached hydrogens (tertiary/aromatic N) is 2. The lowest BCUT2D eigenvalue weighted by Gasteiger charge is -2.11. The Morgan fingerprint density at radius 3 is 2.43 bits per heavy atom. The number of carbonyl (C=O) groups is 2. The van der Waals surface area contributed by atoms with E-state index < -0.39 is 0 Å². The Labute approximate surface area is 133 Å². The van der Waals surface area contributed by atoms with E-state index in [4.69, 9.17) is 0 Å². The van der Waals surface area contributed by atoms with Crippen LogP contribution in [0.25, 0.3) is 11.0 Å². The number of carbonyl (C=O) groups excluding carboxylic acids is 2. The zero-order chi connectivity index (χ0) is 16.4. The monoisotopic (exact) mass is 308 g/mol. The molecule has 116 valence electrons. The van der Waals surface area contributed by atoms with Gasteiger partial charge in [0.05, 0.1) is 17.4 Å². The summed E-state index contributed by atoms with van der Waals surface area (Å²) < 4.78 is 0. The van der Waals surface area contributed by atoms with Gasteiger partial charge >= 0.3 is 0 Å². The Morgan fingerprint density at radius 1 is 1.04 bits per heavy atom. The molecule has 0 saturated carbocycles. The average molecular weight is 308 g/mol. The van der Waals surface area contributed by atoms with Gasteiger partial charge in [-0.25, -0.2) is 4.98 Å². The number of fused-ring (bicyclic) bond motifs is 1. The number of aromatic nitrogens is 2. The first kappa shape index (κ1) is 14.8. The largest absolute Gasteiger partial charge is 0.345 e. The van der Waals surface area contributed by atoms with Crippen molar-refractivity contribution in [1.82, 2.24) is 14.9 Å². The summed E-state index contributed by atoms with van der Waals surface area (Å²) in [6.07, 6.45) is 1.59. The maximum absolute atomic E-state index is 12.3. The van der Waals surface area contributed by atoms with Gasteiger partial charge in [0.25, 0.3) is 11.8 Å². The Bertz CT molecular complexity index is 866. The number of benzene rings is 2. The summed E-state index contributed by atoms with van der Waals surface area (Å²) in [5, 5.41) is 2.81. The van der Waals surface area contributed by atoms with Gasteiger partial charge in [-0.05, 0) is 42.5 Å². The molecule has 0 spiro atoms. The first-order chi connectivity index (χ1) is 11.0. The van der Waals surface area contributed by atoms with Crippen molar-refractivity contribution in [2.45, 2.75) is 0 Å². The molecule has 23 heavy (non-hydrogen) atoms. The summed E-state index contributed by atoms with van der Waals surface area (Å²) in [7, 11) is 3.40. The van der Waals surface area contributed by atoms with E-state index in [0.29, 0.717) is 16.8 Å². The second-order valence-electron chi connectivity index (χ2n) is 5.37. The van der Waals surface area contributed by atoms with Crippen LogP contribution in [-0.4, -0.2) is 40.8 Å². The van der Waals surface area contributed by atoms with E-state index in [2.05, 4.69) is 15.3 Å². The molecular weight excluding hydrogens is 292 g/mol. The lowest BCUT2D eigenvalue weighted by molar-refractivity contribution is 0.0827.